The molecule has 0 aliphatic rings. The molecular weight excluding hydrogens is 262 g/mol. The van der Waals surface area contributed by atoms with Crippen molar-refractivity contribution in [1.29, 1.82) is 0 Å². The summed E-state index contributed by atoms with van der Waals surface area (Å²) in [7, 11) is 0. The van der Waals surface area contributed by atoms with E-state index in [4.69, 9.17) is 16.7 Å². The first-order chi connectivity index (χ1) is 8.32. The lowest BCUT2D eigenvalue weighted by Gasteiger charge is -2.18. The van der Waals surface area contributed by atoms with Crippen molar-refractivity contribution in [2.45, 2.75) is 19.9 Å². The van der Waals surface area contributed by atoms with E-state index in [9.17, 15) is 14.9 Å². The zero-order valence-corrected chi connectivity index (χ0v) is 10.5. The van der Waals surface area contributed by atoms with Crippen LogP contribution in [-0.4, -0.2) is 27.0 Å². The Bertz CT molecular complexity index is 478. The Morgan fingerprint density at radius 2 is 2.22 bits per heavy atom. The quantitative estimate of drug-likeness (QED) is 0.629. The minimum absolute atomic E-state index is 0.106. The third-order valence-electron chi connectivity index (χ3n) is 2.26. The van der Waals surface area contributed by atoms with Gasteiger partial charge in [0.15, 0.2) is 0 Å². The fraction of sp³-hybridized carbons (Fsp3) is 0.400. The fourth-order valence-electron chi connectivity index (χ4n) is 1.34. The van der Waals surface area contributed by atoms with E-state index in [1.165, 1.54) is 6.20 Å². The largest absolute Gasteiger partial charge is 0.480 e. The summed E-state index contributed by atoms with van der Waals surface area (Å²) in [6.07, 6.45) is 1.22. The average Bonchev–Trinajstić information content (AvgIpc) is 2.25. The molecule has 0 saturated carbocycles. The van der Waals surface area contributed by atoms with E-state index < -0.39 is 16.9 Å². The number of carboxylic acids is 1. The first-order valence-electron chi connectivity index (χ1n) is 5.12. The van der Waals surface area contributed by atoms with E-state index in [2.05, 4.69) is 10.3 Å². The van der Waals surface area contributed by atoms with Gasteiger partial charge in [-0.3, -0.25) is 10.1 Å². The van der Waals surface area contributed by atoms with E-state index in [1.54, 1.807) is 13.8 Å². The minimum Gasteiger partial charge on any atom is -0.480 e. The van der Waals surface area contributed by atoms with Gasteiger partial charge in [0.2, 0.25) is 5.82 Å². The highest BCUT2D eigenvalue weighted by atomic mass is 35.5. The molecule has 2 N–H and O–H groups in total. The van der Waals surface area contributed by atoms with Crippen LogP contribution in [0.3, 0.4) is 0 Å². The fourth-order valence-corrected chi connectivity index (χ4v) is 1.49. The van der Waals surface area contributed by atoms with Gasteiger partial charge in [0, 0.05) is 12.3 Å². The molecular formula is C10H12ClN3O4. The van der Waals surface area contributed by atoms with Crippen LogP contribution in [0.2, 0.25) is 5.02 Å². The molecule has 1 atom stereocenters. The third kappa shape index (κ3) is 3.30. The van der Waals surface area contributed by atoms with Crippen molar-refractivity contribution in [3.63, 3.8) is 0 Å². The van der Waals surface area contributed by atoms with Crippen LogP contribution in [0.4, 0.5) is 11.5 Å². The van der Waals surface area contributed by atoms with Crippen LogP contribution in [0.25, 0.3) is 0 Å². The molecule has 18 heavy (non-hydrogen) atoms. The molecule has 1 aromatic heterocycles. The van der Waals surface area contributed by atoms with Crippen LogP contribution in [-0.2, 0) is 4.79 Å². The van der Waals surface area contributed by atoms with Gasteiger partial charge in [0.05, 0.1) is 9.95 Å². The minimum atomic E-state index is -1.10. The molecule has 0 fully saturated rings. The molecule has 0 bridgehead atoms. The molecule has 0 amide bonds. The molecule has 0 aliphatic heterocycles. The molecule has 1 rings (SSSR count). The Morgan fingerprint density at radius 1 is 1.61 bits per heavy atom. The number of carbonyl (C=O) groups is 1. The van der Waals surface area contributed by atoms with E-state index in [1.807, 2.05) is 0 Å². The van der Waals surface area contributed by atoms with Gasteiger partial charge in [-0.05, 0) is 5.92 Å². The molecule has 98 valence electrons. The topological polar surface area (TPSA) is 105 Å². The summed E-state index contributed by atoms with van der Waals surface area (Å²) < 4.78 is 0. The lowest BCUT2D eigenvalue weighted by atomic mass is 10.0. The molecule has 1 aromatic rings. The Labute approximate surface area is 108 Å². The molecule has 0 aromatic carbocycles. The Morgan fingerprint density at radius 3 is 2.67 bits per heavy atom. The number of aliphatic carboxylic acids is 1. The standard InChI is InChI=1S/C10H12ClN3O4/c1-5(2)8(10(15)16)13-9-7(14(17)18)3-6(11)4-12-9/h3-5,8H,1-2H3,(H,12,13)(H,15,16)/t8-/m1/s1. The number of hydrogen-bond donors (Lipinski definition) is 2. The van der Waals surface area contributed by atoms with Crippen LogP contribution in [0.15, 0.2) is 12.3 Å². The second kappa shape index (κ2) is 5.63. The number of pyridine rings is 1. The van der Waals surface area contributed by atoms with E-state index in [-0.39, 0.29) is 22.4 Å². The SMILES string of the molecule is CC(C)[C@@H](Nc1ncc(Cl)cc1[N+](=O)[O-])C(=O)O. The number of rotatable bonds is 5. The first-order valence-corrected chi connectivity index (χ1v) is 5.50. The van der Waals surface area contributed by atoms with Gasteiger partial charge in [0.25, 0.3) is 0 Å². The Hall–Kier alpha value is -1.89. The van der Waals surface area contributed by atoms with Gasteiger partial charge >= 0.3 is 11.7 Å². The number of halogens is 1. The van der Waals surface area contributed by atoms with Crippen molar-refractivity contribution in [3.05, 3.63) is 27.4 Å². The van der Waals surface area contributed by atoms with Gasteiger partial charge < -0.3 is 10.4 Å². The van der Waals surface area contributed by atoms with Gasteiger partial charge in [0.1, 0.15) is 6.04 Å². The Balaban J connectivity index is 3.10. The van der Waals surface area contributed by atoms with E-state index >= 15 is 0 Å². The second-order valence-corrected chi connectivity index (χ2v) is 4.42. The normalized spacial score (nSPS) is 12.2. The highest BCUT2D eigenvalue weighted by Gasteiger charge is 2.25. The number of nitrogens with one attached hydrogen (secondary N) is 1. The summed E-state index contributed by atoms with van der Waals surface area (Å²) in [6, 6.07) is 0.160. The van der Waals surface area contributed by atoms with Crippen molar-refractivity contribution in [3.8, 4) is 0 Å². The highest BCUT2D eigenvalue weighted by molar-refractivity contribution is 6.30. The molecule has 0 aliphatic carbocycles. The van der Waals surface area contributed by atoms with Crippen molar-refractivity contribution in [2.75, 3.05) is 5.32 Å². The summed E-state index contributed by atoms with van der Waals surface area (Å²) in [5.74, 6) is -1.46. The van der Waals surface area contributed by atoms with Crippen LogP contribution >= 0.6 is 11.6 Å². The maximum atomic E-state index is 11.0. The number of hydrogen-bond acceptors (Lipinski definition) is 5. The van der Waals surface area contributed by atoms with Crippen molar-refractivity contribution >= 4 is 29.1 Å². The molecule has 0 spiro atoms. The number of anilines is 1. The van der Waals surface area contributed by atoms with Gasteiger partial charge in [-0.25, -0.2) is 9.78 Å². The predicted molar refractivity (Wildman–Crippen MR) is 65.8 cm³/mol. The molecule has 0 unspecified atom stereocenters. The number of carboxylic acid groups (broad SMARTS) is 1. The van der Waals surface area contributed by atoms with Crippen LogP contribution in [0, 0.1) is 16.0 Å². The smallest absolute Gasteiger partial charge is 0.326 e. The summed E-state index contributed by atoms with van der Waals surface area (Å²) >= 11 is 5.61. The zero-order chi connectivity index (χ0) is 13.9. The van der Waals surface area contributed by atoms with Crippen LogP contribution in [0.5, 0.6) is 0 Å². The lowest BCUT2D eigenvalue weighted by molar-refractivity contribution is -0.384. The van der Waals surface area contributed by atoms with Gasteiger partial charge in [-0.2, -0.15) is 0 Å². The highest BCUT2D eigenvalue weighted by Crippen LogP contribution is 2.26. The summed E-state index contributed by atoms with van der Waals surface area (Å²) in [4.78, 5) is 24.9. The van der Waals surface area contributed by atoms with Gasteiger partial charge in [-0.15, -0.1) is 0 Å². The first kappa shape index (κ1) is 14.2. The number of nitro groups is 1. The molecule has 7 nitrogen and oxygen atoms in total. The summed E-state index contributed by atoms with van der Waals surface area (Å²) in [5.41, 5.74) is -0.352. The predicted octanol–water partition coefficient (Wildman–Crippen LogP) is 2.16. The second-order valence-electron chi connectivity index (χ2n) is 3.98. The molecule has 0 saturated heterocycles. The molecule has 8 heteroatoms. The molecule has 0 radical (unpaired) electrons. The van der Waals surface area contributed by atoms with Crippen molar-refractivity contribution in [2.24, 2.45) is 5.92 Å². The Kier molecular flexibility index (Phi) is 4.43. The van der Waals surface area contributed by atoms with Gasteiger partial charge in [-0.1, -0.05) is 25.4 Å². The summed E-state index contributed by atoms with van der Waals surface area (Å²) in [6.45, 7) is 3.38. The van der Waals surface area contributed by atoms with Crippen molar-refractivity contribution in [1.82, 2.24) is 4.98 Å². The monoisotopic (exact) mass is 273 g/mol. The van der Waals surface area contributed by atoms with E-state index in [0.717, 1.165) is 6.07 Å². The molecule has 1 heterocycles. The lowest BCUT2D eigenvalue weighted by Crippen LogP contribution is -2.34. The van der Waals surface area contributed by atoms with Crippen LogP contribution in [0.1, 0.15) is 13.8 Å². The number of nitrogens with zero attached hydrogens (tertiary/aromatic N) is 2. The third-order valence-corrected chi connectivity index (χ3v) is 2.46. The van der Waals surface area contributed by atoms with Crippen LogP contribution < -0.4 is 5.32 Å². The zero-order valence-electron chi connectivity index (χ0n) is 9.75. The maximum Gasteiger partial charge on any atom is 0.326 e. The van der Waals surface area contributed by atoms with E-state index in [0.29, 0.717) is 0 Å². The summed E-state index contributed by atoms with van der Waals surface area (Å²) in [5, 5.41) is 22.5. The number of aromatic nitrogens is 1. The average molecular weight is 274 g/mol. The maximum absolute atomic E-state index is 11.0. The van der Waals surface area contributed by atoms with Crippen molar-refractivity contribution < 1.29 is 14.8 Å².